The molecule has 0 saturated carbocycles. The highest BCUT2D eigenvalue weighted by Gasteiger charge is 2.32. The van der Waals surface area contributed by atoms with Crippen molar-refractivity contribution < 1.29 is 28.8 Å². The molecule has 0 radical (unpaired) electrons. The number of guanidine groups is 1. The second-order valence-corrected chi connectivity index (χ2v) is 11.7. The van der Waals surface area contributed by atoms with Crippen molar-refractivity contribution in [2.45, 2.75) is 109 Å². The minimum absolute atomic E-state index is 0.0788. The first kappa shape index (κ1) is 38.6. The van der Waals surface area contributed by atoms with E-state index < -0.39 is 47.7 Å². The molecule has 2 rings (SSSR count). The molecule has 1 aliphatic rings. The maximum Gasteiger partial charge on any atom is 0.344 e. The fraction of sp³-hybridized carbons (Fsp3) is 0.690. The number of nitrogens with zero attached hydrogens (tertiary/aromatic N) is 4. The summed E-state index contributed by atoms with van der Waals surface area (Å²) in [6.07, 6.45) is 5.20. The summed E-state index contributed by atoms with van der Waals surface area (Å²) in [6, 6.07) is -4.45. The van der Waals surface area contributed by atoms with E-state index in [2.05, 4.69) is 41.9 Å². The Balaban J connectivity index is 2.39. The van der Waals surface area contributed by atoms with Crippen LogP contribution in [0.2, 0.25) is 0 Å². The molecule has 0 fully saturated rings. The third-order valence-electron chi connectivity index (χ3n) is 7.24. The second kappa shape index (κ2) is 20.5. The Morgan fingerprint density at radius 3 is 2.38 bits per heavy atom. The SMILES string of the molecule is CC(C)NC(=O)C(=O)[C@@H]1CCCCNC(=O)CCCc2cn(nn2)C(=O)N[C@@H](CCCCN)C(=O)N[C@@H](CCCN=C(N)N)C(=O)N1. The number of amides is 5. The summed E-state index contributed by atoms with van der Waals surface area (Å²) >= 11 is 0. The molecule has 0 aromatic carbocycles. The number of Topliss-reactive ketones (excluding diaryl/α,β-unsaturated/α-hetero) is 1. The third kappa shape index (κ3) is 14.6. The average molecular weight is 663 g/mol. The van der Waals surface area contributed by atoms with E-state index in [1.54, 1.807) is 13.8 Å². The first-order chi connectivity index (χ1) is 22.4. The van der Waals surface area contributed by atoms with Crippen LogP contribution in [0.15, 0.2) is 11.2 Å². The summed E-state index contributed by atoms with van der Waals surface area (Å²) < 4.78 is 0.971. The lowest BCUT2D eigenvalue weighted by Crippen LogP contribution is -2.57. The molecule has 0 spiro atoms. The number of rotatable bonds is 11. The van der Waals surface area contributed by atoms with E-state index in [0.717, 1.165) is 4.68 Å². The van der Waals surface area contributed by atoms with Gasteiger partial charge in [0.15, 0.2) is 5.96 Å². The van der Waals surface area contributed by atoms with Crippen LogP contribution >= 0.6 is 0 Å². The van der Waals surface area contributed by atoms with Gasteiger partial charge in [0.2, 0.25) is 23.5 Å². The molecular weight excluding hydrogens is 612 g/mol. The fourth-order valence-electron chi connectivity index (χ4n) is 4.79. The number of aryl methyl sites for hydroxylation is 1. The number of carbonyl (C=O) groups excluding carboxylic acids is 6. The van der Waals surface area contributed by atoms with Crippen LogP contribution < -0.4 is 43.8 Å². The van der Waals surface area contributed by atoms with Crippen LogP contribution in [0.3, 0.4) is 0 Å². The molecule has 0 aliphatic carbocycles. The number of nitrogens with two attached hydrogens (primary N) is 3. The molecule has 262 valence electrons. The molecule has 3 atom stereocenters. The lowest BCUT2D eigenvalue weighted by atomic mass is 10.0. The van der Waals surface area contributed by atoms with Gasteiger partial charge in [0, 0.05) is 25.6 Å². The van der Waals surface area contributed by atoms with Crippen molar-refractivity contribution in [1.29, 1.82) is 0 Å². The molecule has 1 aromatic rings. The van der Waals surface area contributed by atoms with Gasteiger partial charge in [0.05, 0.1) is 17.9 Å². The molecule has 0 unspecified atom stereocenters. The minimum Gasteiger partial charge on any atom is -0.370 e. The van der Waals surface area contributed by atoms with Crippen molar-refractivity contribution in [3.8, 4) is 0 Å². The topological polar surface area (TPSA) is 284 Å². The highest BCUT2D eigenvalue weighted by atomic mass is 16.2. The Morgan fingerprint density at radius 2 is 1.68 bits per heavy atom. The van der Waals surface area contributed by atoms with Crippen LogP contribution in [0.25, 0.3) is 0 Å². The highest BCUT2D eigenvalue weighted by Crippen LogP contribution is 2.09. The van der Waals surface area contributed by atoms with Crippen LogP contribution in [0.1, 0.15) is 83.7 Å². The summed E-state index contributed by atoms with van der Waals surface area (Å²) in [6.45, 7) is 4.28. The van der Waals surface area contributed by atoms with Gasteiger partial charge in [-0.3, -0.25) is 29.0 Å². The maximum absolute atomic E-state index is 13.6. The third-order valence-corrected chi connectivity index (χ3v) is 7.24. The first-order valence-corrected chi connectivity index (χ1v) is 16.1. The average Bonchev–Trinajstić information content (AvgIpc) is 3.49. The Bertz CT molecular complexity index is 1250. The second-order valence-electron chi connectivity index (χ2n) is 11.7. The minimum atomic E-state index is -1.19. The number of unbranched alkanes of at least 4 members (excludes halogenated alkanes) is 1. The van der Waals surface area contributed by atoms with Crippen LogP contribution in [0.5, 0.6) is 0 Å². The van der Waals surface area contributed by atoms with Crippen molar-refractivity contribution >= 4 is 41.4 Å². The first-order valence-electron chi connectivity index (χ1n) is 16.1. The summed E-state index contributed by atoms with van der Waals surface area (Å²) in [5, 5.41) is 21.2. The van der Waals surface area contributed by atoms with E-state index >= 15 is 0 Å². The van der Waals surface area contributed by atoms with Crippen molar-refractivity contribution in [1.82, 2.24) is 41.6 Å². The van der Waals surface area contributed by atoms with Gasteiger partial charge >= 0.3 is 6.03 Å². The summed E-state index contributed by atoms with van der Waals surface area (Å²) in [5.41, 5.74) is 17.0. The lowest BCUT2D eigenvalue weighted by Gasteiger charge is -2.25. The van der Waals surface area contributed by atoms with E-state index in [4.69, 9.17) is 17.2 Å². The van der Waals surface area contributed by atoms with Crippen LogP contribution in [-0.2, 0) is 30.4 Å². The Hall–Kier alpha value is -4.61. The molecule has 1 aromatic heterocycles. The van der Waals surface area contributed by atoms with Gasteiger partial charge in [-0.25, -0.2) is 4.79 Å². The van der Waals surface area contributed by atoms with Crippen molar-refractivity contribution in [2.75, 3.05) is 19.6 Å². The lowest BCUT2D eigenvalue weighted by molar-refractivity contribution is -0.141. The van der Waals surface area contributed by atoms with Gasteiger partial charge in [-0.2, -0.15) is 4.68 Å². The van der Waals surface area contributed by atoms with Crippen molar-refractivity contribution in [2.24, 2.45) is 22.2 Å². The van der Waals surface area contributed by atoms with Gasteiger partial charge in [-0.05, 0) is 84.6 Å². The normalized spacial score (nSPS) is 20.6. The maximum atomic E-state index is 13.6. The van der Waals surface area contributed by atoms with E-state index in [-0.39, 0.29) is 56.6 Å². The number of nitrogens with one attached hydrogen (secondary N) is 5. The van der Waals surface area contributed by atoms with Crippen LogP contribution in [-0.4, -0.2) is 100 Å². The van der Waals surface area contributed by atoms with E-state index in [1.807, 2.05) is 0 Å². The molecule has 11 N–H and O–H groups in total. The van der Waals surface area contributed by atoms with E-state index in [9.17, 15) is 28.8 Å². The molecule has 0 saturated heterocycles. The molecular formula is C29H50N12O6. The largest absolute Gasteiger partial charge is 0.370 e. The zero-order chi connectivity index (χ0) is 34.8. The van der Waals surface area contributed by atoms with Crippen molar-refractivity contribution in [3.63, 3.8) is 0 Å². The quantitative estimate of drug-likeness (QED) is 0.0559. The smallest absolute Gasteiger partial charge is 0.344 e. The predicted octanol–water partition coefficient (Wildman–Crippen LogP) is -1.93. The summed E-state index contributed by atoms with van der Waals surface area (Å²) in [4.78, 5) is 82.3. The van der Waals surface area contributed by atoms with E-state index in [1.165, 1.54) is 6.20 Å². The number of aliphatic imine (C=N–C) groups is 1. The number of hydrogen-bond acceptors (Lipinski definition) is 10. The number of fused-ring (bicyclic) bond motifs is 2. The molecule has 2 heterocycles. The number of hydrogen-bond donors (Lipinski definition) is 8. The van der Waals surface area contributed by atoms with Gasteiger partial charge in [-0.15, -0.1) is 5.10 Å². The number of ketones is 1. The molecule has 18 nitrogen and oxygen atoms in total. The zero-order valence-corrected chi connectivity index (χ0v) is 27.3. The monoisotopic (exact) mass is 662 g/mol. The van der Waals surface area contributed by atoms with Gasteiger partial charge in [0.25, 0.3) is 5.91 Å². The van der Waals surface area contributed by atoms with Gasteiger partial charge in [0.1, 0.15) is 12.1 Å². The predicted molar refractivity (Wildman–Crippen MR) is 173 cm³/mol. The molecule has 18 heteroatoms. The number of carbonyl (C=O) groups is 6. The van der Waals surface area contributed by atoms with Gasteiger partial charge in [-0.1, -0.05) is 5.21 Å². The molecule has 5 amide bonds. The number of aromatic nitrogens is 3. The van der Waals surface area contributed by atoms with Crippen molar-refractivity contribution in [3.05, 3.63) is 11.9 Å². The highest BCUT2D eigenvalue weighted by molar-refractivity contribution is 6.38. The standard InChI is InChI=1S/C29H50N12O6/c1-18(2)35-27(46)24(43)20-10-4-6-15-33-23(42)13-7-9-19-17-41(40-39-19)29(47)38-22(11-3-5-14-30)26(45)37-21(25(44)36-20)12-8-16-34-28(31)32/h17-18,20-22H,3-16,30H2,1-2H3,(H,33,42)(H,35,46)(H,36,44)(H,37,45)(H,38,47)(H4,31,32,34)/t20-,21-,22-/m0/s1. The van der Waals surface area contributed by atoms with E-state index in [0.29, 0.717) is 57.3 Å². The Labute approximate surface area is 274 Å². The van der Waals surface area contributed by atoms with Crippen LogP contribution in [0, 0.1) is 0 Å². The molecule has 47 heavy (non-hydrogen) atoms. The summed E-state index contributed by atoms with van der Waals surface area (Å²) in [7, 11) is 0. The van der Waals surface area contributed by atoms with Gasteiger partial charge < -0.3 is 43.8 Å². The Morgan fingerprint density at radius 1 is 0.979 bits per heavy atom. The molecule has 2 bridgehead atoms. The Kier molecular flexibility index (Phi) is 16.8. The molecule has 1 aliphatic heterocycles. The fourth-order valence-corrected chi connectivity index (χ4v) is 4.79. The zero-order valence-electron chi connectivity index (χ0n) is 27.3. The van der Waals surface area contributed by atoms with Crippen LogP contribution in [0.4, 0.5) is 4.79 Å². The summed E-state index contributed by atoms with van der Waals surface area (Å²) in [5.74, 6) is -3.34.